The van der Waals surface area contributed by atoms with E-state index in [9.17, 15) is 4.79 Å². The van der Waals surface area contributed by atoms with Crippen molar-refractivity contribution in [2.24, 2.45) is 0 Å². The zero-order valence-corrected chi connectivity index (χ0v) is 19.2. The molecule has 1 aliphatic rings. The second kappa shape index (κ2) is 7.81. The van der Waals surface area contributed by atoms with Crippen LogP contribution in [-0.4, -0.2) is 38.0 Å². The fourth-order valence-electron chi connectivity index (χ4n) is 4.61. The molecule has 0 atom stereocenters. The maximum absolute atomic E-state index is 13.8. The van der Waals surface area contributed by atoms with Crippen molar-refractivity contribution >= 4 is 33.2 Å². The maximum atomic E-state index is 13.8. The van der Waals surface area contributed by atoms with Crippen LogP contribution < -0.4 is 19.8 Å². The molecule has 0 N–H and O–H groups in total. The highest BCUT2D eigenvalue weighted by atomic mass is 16.7. The molecule has 0 amide bonds. The summed E-state index contributed by atoms with van der Waals surface area (Å²) >= 11 is 0. The lowest BCUT2D eigenvalue weighted by molar-refractivity contribution is 0.174. The van der Waals surface area contributed by atoms with Gasteiger partial charge in [-0.1, -0.05) is 24.3 Å². The number of methoxy groups -OCH3 is 1. The van der Waals surface area contributed by atoms with Crippen molar-refractivity contribution in [1.29, 1.82) is 0 Å². The first-order valence-corrected chi connectivity index (χ1v) is 11.4. The van der Waals surface area contributed by atoms with E-state index in [-0.39, 0.29) is 12.4 Å². The summed E-state index contributed by atoms with van der Waals surface area (Å²) in [6, 6.07) is 20.8. The van der Waals surface area contributed by atoms with Crippen molar-refractivity contribution in [1.82, 2.24) is 24.1 Å². The molecule has 0 radical (unpaired) electrons. The molecule has 0 fully saturated rings. The van der Waals surface area contributed by atoms with E-state index >= 15 is 0 Å². The van der Waals surface area contributed by atoms with Crippen molar-refractivity contribution in [2.75, 3.05) is 13.9 Å². The molecule has 7 rings (SSSR count). The fraction of sp³-hybridized carbons (Fsp3) is 0.111. The Balaban J connectivity index is 1.49. The largest absolute Gasteiger partial charge is 0.497 e. The second-order valence-corrected chi connectivity index (χ2v) is 8.49. The molecule has 1 aliphatic heterocycles. The third-order valence-electron chi connectivity index (χ3n) is 6.33. The Labute approximate surface area is 204 Å². The van der Waals surface area contributed by atoms with Gasteiger partial charge in [0.05, 0.1) is 30.4 Å². The average molecular weight is 477 g/mol. The molecule has 6 aromatic rings. The molecule has 0 saturated carbocycles. The van der Waals surface area contributed by atoms with Gasteiger partial charge in [0.25, 0.3) is 5.56 Å². The molecule has 9 heteroatoms. The van der Waals surface area contributed by atoms with Crippen LogP contribution in [0.25, 0.3) is 38.9 Å². The summed E-state index contributed by atoms with van der Waals surface area (Å²) in [5.41, 5.74) is 4.47. The average Bonchev–Trinajstić information content (AvgIpc) is 3.51. The zero-order chi connectivity index (χ0) is 24.2. The molecular formula is C27H19N5O4. The van der Waals surface area contributed by atoms with Crippen LogP contribution in [0.15, 0.2) is 77.9 Å². The molecule has 0 spiro atoms. The highest BCUT2D eigenvalue weighted by molar-refractivity contribution is 6.05. The van der Waals surface area contributed by atoms with Crippen LogP contribution in [0.1, 0.15) is 5.56 Å². The van der Waals surface area contributed by atoms with E-state index in [2.05, 4.69) is 0 Å². The van der Waals surface area contributed by atoms with Crippen LogP contribution in [-0.2, 0) is 6.54 Å². The summed E-state index contributed by atoms with van der Waals surface area (Å²) in [4.78, 5) is 28.3. The normalized spacial score (nSPS) is 12.6. The molecule has 0 unspecified atom stereocenters. The van der Waals surface area contributed by atoms with Crippen LogP contribution >= 0.6 is 0 Å². The number of aromatic nitrogens is 5. The molecule has 3 aromatic heterocycles. The first-order valence-electron chi connectivity index (χ1n) is 11.4. The summed E-state index contributed by atoms with van der Waals surface area (Å²) in [6.07, 6.45) is 1.56. The Bertz CT molecular complexity index is 1870. The highest BCUT2D eigenvalue weighted by Crippen LogP contribution is 2.33. The molecule has 9 nitrogen and oxygen atoms in total. The summed E-state index contributed by atoms with van der Waals surface area (Å²) in [5, 5.41) is 0.411. The van der Waals surface area contributed by atoms with E-state index in [1.165, 1.54) is 0 Å². The molecule has 0 bridgehead atoms. The van der Waals surface area contributed by atoms with Crippen LogP contribution in [0, 0.1) is 0 Å². The smallest absolute Gasteiger partial charge is 0.265 e. The number of ether oxygens (including phenoxy) is 3. The van der Waals surface area contributed by atoms with Crippen LogP contribution in [0.4, 0.5) is 0 Å². The van der Waals surface area contributed by atoms with Gasteiger partial charge in [-0.05, 0) is 42.0 Å². The predicted octanol–water partition coefficient (Wildman–Crippen LogP) is 4.07. The third kappa shape index (κ3) is 3.09. The Kier molecular flexibility index (Phi) is 4.44. The van der Waals surface area contributed by atoms with E-state index in [1.54, 1.807) is 18.0 Å². The number of hydrogen-bond donors (Lipinski definition) is 0. The van der Waals surface area contributed by atoms with Crippen molar-refractivity contribution in [3.8, 4) is 22.9 Å². The molecule has 3 aromatic carbocycles. The molecule has 36 heavy (non-hydrogen) atoms. The Morgan fingerprint density at radius 2 is 1.75 bits per heavy atom. The topological polar surface area (TPSA) is 93.3 Å². The first kappa shape index (κ1) is 20.5. The summed E-state index contributed by atoms with van der Waals surface area (Å²) < 4.78 is 19.8. The van der Waals surface area contributed by atoms with Crippen molar-refractivity contribution in [3.63, 3.8) is 0 Å². The minimum absolute atomic E-state index is 0.197. The molecule has 0 saturated heterocycles. The van der Waals surface area contributed by atoms with Gasteiger partial charge in [0.15, 0.2) is 22.8 Å². The standard InChI is InChI=1S/C27H19N5O4/c1-34-18-6-4-5-17(12-18)32-25-23(24-26(32)30-20-8-3-2-7-19(20)29-24)27(33)31(14-28-25)13-16-9-10-21-22(11-16)36-15-35-21/h2-12,14H,13,15H2,1H3. The lowest BCUT2D eigenvalue weighted by Gasteiger charge is -2.09. The van der Waals surface area contributed by atoms with E-state index in [0.29, 0.717) is 51.5 Å². The summed E-state index contributed by atoms with van der Waals surface area (Å²) in [7, 11) is 1.62. The zero-order valence-electron chi connectivity index (χ0n) is 19.2. The van der Waals surface area contributed by atoms with Crippen LogP contribution in [0.5, 0.6) is 17.2 Å². The number of para-hydroxylation sites is 2. The highest BCUT2D eigenvalue weighted by Gasteiger charge is 2.21. The Morgan fingerprint density at radius 3 is 2.61 bits per heavy atom. The lowest BCUT2D eigenvalue weighted by Crippen LogP contribution is -2.21. The molecule has 176 valence electrons. The van der Waals surface area contributed by atoms with Crippen molar-refractivity contribution in [3.05, 3.63) is 89.0 Å². The minimum Gasteiger partial charge on any atom is -0.497 e. The van der Waals surface area contributed by atoms with Gasteiger partial charge in [-0.15, -0.1) is 0 Å². The quantitative estimate of drug-likeness (QED) is 0.378. The second-order valence-electron chi connectivity index (χ2n) is 8.49. The molecule has 0 aliphatic carbocycles. The predicted molar refractivity (Wildman–Crippen MR) is 134 cm³/mol. The van der Waals surface area contributed by atoms with Gasteiger partial charge in [-0.25, -0.2) is 15.0 Å². The number of nitrogens with zero attached hydrogens (tertiary/aromatic N) is 5. The van der Waals surface area contributed by atoms with E-state index in [1.807, 2.05) is 71.3 Å². The van der Waals surface area contributed by atoms with Gasteiger partial charge in [0.1, 0.15) is 23.0 Å². The van der Waals surface area contributed by atoms with E-state index in [4.69, 9.17) is 29.2 Å². The monoisotopic (exact) mass is 477 g/mol. The van der Waals surface area contributed by atoms with Gasteiger partial charge in [-0.3, -0.25) is 13.9 Å². The van der Waals surface area contributed by atoms with Gasteiger partial charge in [0.2, 0.25) is 6.79 Å². The summed E-state index contributed by atoms with van der Waals surface area (Å²) in [5.74, 6) is 2.05. The van der Waals surface area contributed by atoms with Crippen molar-refractivity contribution < 1.29 is 14.2 Å². The fourth-order valence-corrected chi connectivity index (χ4v) is 4.61. The number of rotatable bonds is 4. The number of benzene rings is 3. The molecular weight excluding hydrogens is 458 g/mol. The first-order chi connectivity index (χ1) is 17.7. The summed E-state index contributed by atoms with van der Waals surface area (Å²) in [6.45, 7) is 0.522. The Hall–Kier alpha value is -4.92. The van der Waals surface area contributed by atoms with E-state index < -0.39 is 0 Å². The molecule has 4 heterocycles. The van der Waals surface area contributed by atoms with E-state index in [0.717, 1.165) is 16.8 Å². The lowest BCUT2D eigenvalue weighted by atomic mass is 10.2. The number of fused-ring (bicyclic) bond motifs is 5. The van der Waals surface area contributed by atoms with Crippen LogP contribution in [0.2, 0.25) is 0 Å². The van der Waals surface area contributed by atoms with Crippen LogP contribution in [0.3, 0.4) is 0 Å². The van der Waals surface area contributed by atoms with Gasteiger partial charge in [-0.2, -0.15) is 0 Å². The minimum atomic E-state index is -0.200. The third-order valence-corrected chi connectivity index (χ3v) is 6.33. The van der Waals surface area contributed by atoms with Gasteiger partial charge >= 0.3 is 0 Å². The van der Waals surface area contributed by atoms with Crippen molar-refractivity contribution in [2.45, 2.75) is 6.54 Å². The van der Waals surface area contributed by atoms with Gasteiger partial charge in [0, 0.05) is 6.07 Å². The maximum Gasteiger partial charge on any atom is 0.265 e. The SMILES string of the molecule is COc1cccc(-n2c3nc4ccccc4nc3c3c(=O)n(Cc4ccc5c(c4)OCO5)cnc32)c1. The number of hydrogen-bond acceptors (Lipinski definition) is 7. The Morgan fingerprint density at radius 1 is 0.917 bits per heavy atom. The van der Waals surface area contributed by atoms with Gasteiger partial charge < -0.3 is 14.2 Å².